The van der Waals surface area contributed by atoms with Crippen LogP contribution < -0.4 is 5.32 Å². The van der Waals surface area contributed by atoms with Crippen molar-refractivity contribution in [1.82, 2.24) is 10.2 Å². The van der Waals surface area contributed by atoms with Gasteiger partial charge in [0.1, 0.15) is 6.61 Å². The van der Waals surface area contributed by atoms with Crippen LogP contribution in [0.3, 0.4) is 0 Å². The lowest BCUT2D eigenvalue weighted by atomic mass is 9.98. The molecule has 0 saturated carbocycles. The number of alkyl halides is 2. The molecular weight excluding hydrogens is 402 g/mol. The highest BCUT2D eigenvalue weighted by Crippen LogP contribution is 2.44. The molecule has 1 aliphatic carbocycles. The normalized spacial score (nSPS) is 18.1. The van der Waals surface area contributed by atoms with E-state index in [-0.39, 0.29) is 50.8 Å². The molecule has 2 aromatic rings. The van der Waals surface area contributed by atoms with Gasteiger partial charge in [0.05, 0.1) is 0 Å². The molecule has 4 rings (SSSR count). The number of nitrogens with one attached hydrogen (secondary N) is 1. The molecule has 2 aliphatic rings. The van der Waals surface area contributed by atoms with Crippen LogP contribution in [0, 0.1) is 0 Å². The van der Waals surface area contributed by atoms with E-state index in [4.69, 9.17) is 4.74 Å². The SMILES string of the molecule is C[C@@H](CC(=O)N1CCC(F)(F)CC1)NC(=O)OCC1c2ccccc2-c2ccccc21. The number of benzene rings is 2. The number of alkyl carbamates (subject to hydrolysis) is 1. The van der Waals surface area contributed by atoms with E-state index in [1.165, 1.54) is 4.90 Å². The summed E-state index contributed by atoms with van der Waals surface area (Å²) < 4.78 is 32.0. The Morgan fingerprint density at radius 2 is 1.61 bits per heavy atom. The van der Waals surface area contributed by atoms with Gasteiger partial charge in [-0.25, -0.2) is 13.6 Å². The highest BCUT2D eigenvalue weighted by atomic mass is 19.3. The van der Waals surface area contributed by atoms with E-state index in [1.54, 1.807) is 6.92 Å². The van der Waals surface area contributed by atoms with Gasteiger partial charge in [0.15, 0.2) is 0 Å². The summed E-state index contributed by atoms with van der Waals surface area (Å²) in [6.07, 6.45) is -1.16. The van der Waals surface area contributed by atoms with Gasteiger partial charge in [-0.05, 0) is 29.2 Å². The molecule has 5 nitrogen and oxygen atoms in total. The molecule has 0 bridgehead atoms. The van der Waals surface area contributed by atoms with Crippen molar-refractivity contribution in [2.24, 2.45) is 0 Å². The Labute approximate surface area is 180 Å². The van der Waals surface area contributed by atoms with Crippen LogP contribution in [0.15, 0.2) is 48.5 Å². The second-order valence-electron chi connectivity index (χ2n) is 8.31. The van der Waals surface area contributed by atoms with Gasteiger partial charge in [-0.15, -0.1) is 0 Å². The van der Waals surface area contributed by atoms with E-state index in [0.29, 0.717) is 0 Å². The van der Waals surface area contributed by atoms with Gasteiger partial charge in [0.25, 0.3) is 5.92 Å². The summed E-state index contributed by atoms with van der Waals surface area (Å²) in [4.78, 5) is 26.1. The number of ether oxygens (including phenoxy) is 1. The summed E-state index contributed by atoms with van der Waals surface area (Å²) >= 11 is 0. The summed E-state index contributed by atoms with van der Waals surface area (Å²) in [5.74, 6) is -2.96. The van der Waals surface area contributed by atoms with Gasteiger partial charge in [-0.2, -0.15) is 0 Å². The fourth-order valence-electron chi connectivity index (χ4n) is 4.37. The smallest absolute Gasteiger partial charge is 0.407 e. The molecule has 1 aliphatic heterocycles. The number of carbonyl (C=O) groups is 2. The Morgan fingerprint density at radius 1 is 1.06 bits per heavy atom. The second kappa shape index (κ2) is 8.65. The van der Waals surface area contributed by atoms with Gasteiger partial charge in [0.2, 0.25) is 5.91 Å². The van der Waals surface area contributed by atoms with Crippen molar-refractivity contribution >= 4 is 12.0 Å². The number of amides is 2. The lowest BCUT2D eigenvalue weighted by Gasteiger charge is -2.32. The summed E-state index contributed by atoms with van der Waals surface area (Å²) in [5, 5.41) is 2.68. The summed E-state index contributed by atoms with van der Waals surface area (Å²) in [5.41, 5.74) is 4.56. The quantitative estimate of drug-likeness (QED) is 0.760. The van der Waals surface area contributed by atoms with Gasteiger partial charge < -0.3 is 15.0 Å². The maximum absolute atomic E-state index is 13.3. The van der Waals surface area contributed by atoms with Crippen LogP contribution in [0.25, 0.3) is 11.1 Å². The molecule has 2 aromatic carbocycles. The number of nitrogens with zero attached hydrogens (tertiary/aromatic N) is 1. The first-order valence-corrected chi connectivity index (χ1v) is 10.6. The largest absolute Gasteiger partial charge is 0.449 e. The molecule has 0 spiro atoms. The van der Waals surface area contributed by atoms with Crippen molar-refractivity contribution < 1.29 is 23.1 Å². The third-order valence-electron chi connectivity index (χ3n) is 6.04. The van der Waals surface area contributed by atoms with Gasteiger partial charge in [-0.3, -0.25) is 4.79 Å². The standard InChI is InChI=1S/C24H26F2N2O3/c1-16(14-22(29)28-12-10-24(25,26)11-13-28)27-23(30)31-15-21-19-8-4-2-6-17(19)18-7-3-5-9-20(18)21/h2-9,16,21H,10-15H2,1H3,(H,27,30)/t16-/m0/s1. The van der Waals surface area contributed by atoms with Crippen LogP contribution in [-0.4, -0.2) is 48.6 Å². The third kappa shape index (κ3) is 4.70. The first kappa shape index (κ1) is 21.3. The molecule has 1 atom stereocenters. The minimum Gasteiger partial charge on any atom is -0.449 e. The lowest BCUT2D eigenvalue weighted by molar-refractivity contribution is -0.137. The Morgan fingerprint density at radius 3 is 2.19 bits per heavy atom. The zero-order valence-electron chi connectivity index (χ0n) is 17.4. The Kier molecular flexibility index (Phi) is 5.94. The Hall–Kier alpha value is -2.96. The number of halogens is 2. The highest BCUT2D eigenvalue weighted by Gasteiger charge is 2.36. The highest BCUT2D eigenvalue weighted by molar-refractivity contribution is 5.79. The predicted molar refractivity (Wildman–Crippen MR) is 113 cm³/mol. The molecular formula is C24H26F2N2O3. The number of fused-ring (bicyclic) bond motifs is 3. The average Bonchev–Trinajstić information content (AvgIpc) is 3.06. The fraction of sp³-hybridized carbons (Fsp3) is 0.417. The van der Waals surface area contributed by atoms with Crippen LogP contribution in [-0.2, 0) is 9.53 Å². The van der Waals surface area contributed by atoms with E-state index in [0.717, 1.165) is 22.3 Å². The Bertz CT molecular complexity index is 923. The number of hydrogen-bond donors (Lipinski definition) is 1. The molecule has 0 radical (unpaired) electrons. The van der Waals surface area contributed by atoms with Crippen molar-refractivity contribution in [3.05, 3.63) is 59.7 Å². The number of likely N-dealkylation sites (tertiary alicyclic amines) is 1. The van der Waals surface area contributed by atoms with E-state index in [9.17, 15) is 18.4 Å². The maximum Gasteiger partial charge on any atom is 0.407 e. The molecule has 164 valence electrons. The molecule has 1 saturated heterocycles. The predicted octanol–water partition coefficient (Wildman–Crippen LogP) is 4.56. The minimum absolute atomic E-state index is 0.0369. The average molecular weight is 428 g/mol. The van der Waals surface area contributed by atoms with E-state index >= 15 is 0 Å². The minimum atomic E-state index is -2.69. The summed E-state index contributed by atoms with van der Waals surface area (Å²) in [6.45, 7) is 1.99. The van der Waals surface area contributed by atoms with E-state index in [2.05, 4.69) is 17.4 Å². The van der Waals surface area contributed by atoms with Gasteiger partial charge >= 0.3 is 6.09 Å². The van der Waals surface area contributed by atoms with Crippen molar-refractivity contribution in [3.63, 3.8) is 0 Å². The van der Waals surface area contributed by atoms with Crippen LogP contribution in [0.2, 0.25) is 0 Å². The second-order valence-corrected chi connectivity index (χ2v) is 8.31. The van der Waals surface area contributed by atoms with Crippen molar-refractivity contribution in [2.75, 3.05) is 19.7 Å². The fourth-order valence-corrected chi connectivity index (χ4v) is 4.37. The molecule has 31 heavy (non-hydrogen) atoms. The monoisotopic (exact) mass is 428 g/mol. The summed E-state index contributed by atoms with van der Waals surface area (Å²) in [7, 11) is 0. The Balaban J connectivity index is 1.29. The van der Waals surface area contributed by atoms with E-state index in [1.807, 2.05) is 36.4 Å². The third-order valence-corrected chi connectivity index (χ3v) is 6.04. The van der Waals surface area contributed by atoms with Crippen molar-refractivity contribution in [3.8, 4) is 11.1 Å². The van der Waals surface area contributed by atoms with Gasteiger partial charge in [0, 0.05) is 44.3 Å². The summed E-state index contributed by atoms with van der Waals surface area (Å²) in [6, 6.07) is 15.7. The molecule has 0 aromatic heterocycles. The van der Waals surface area contributed by atoms with Crippen molar-refractivity contribution in [1.29, 1.82) is 0 Å². The molecule has 0 unspecified atom stereocenters. The first-order chi connectivity index (χ1) is 14.8. The number of piperidine rings is 1. The zero-order chi connectivity index (χ0) is 22.0. The van der Waals surface area contributed by atoms with Gasteiger partial charge in [-0.1, -0.05) is 48.5 Å². The first-order valence-electron chi connectivity index (χ1n) is 10.6. The zero-order valence-corrected chi connectivity index (χ0v) is 17.4. The topological polar surface area (TPSA) is 58.6 Å². The van der Waals surface area contributed by atoms with Crippen LogP contribution in [0.5, 0.6) is 0 Å². The number of hydrogen-bond acceptors (Lipinski definition) is 3. The molecule has 1 N–H and O–H groups in total. The van der Waals surface area contributed by atoms with Crippen LogP contribution >= 0.6 is 0 Å². The van der Waals surface area contributed by atoms with Crippen molar-refractivity contribution in [2.45, 2.75) is 44.1 Å². The van der Waals surface area contributed by atoms with Crippen LogP contribution in [0.1, 0.15) is 43.2 Å². The molecule has 1 fully saturated rings. The van der Waals surface area contributed by atoms with Crippen LogP contribution in [0.4, 0.5) is 13.6 Å². The van der Waals surface area contributed by atoms with E-state index < -0.39 is 18.1 Å². The lowest BCUT2D eigenvalue weighted by Crippen LogP contribution is -2.45. The number of carbonyl (C=O) groups excluding carboxylic acids is 2. The maximum atomic E-state index is 13.3. The number of rotatable bonds is 5. The molecule has 1 heterocycles. The molecule has 2 amide bonds. The molecule has 7 heteroatoms.